The van der Waals surface area contributed by atoms with E-state index in [-0.39, 0.29) is 28.3 Å². The van der Waals surface area contributed by atoms with E-state index in [0.29, 0.717) is 11.5 Å². The molecule has 3 aromatic rings. The van der Waals surface area contributed by atoms with Gasteiger partial charge in [0.15, 0.2) is 11.5 Å². The molecule has 1 unspecified atom stereocenters. The molecule has 2 aromatic carbocycles. The summed E-state index contributed by atoms with van der Waals surface area (Å²) in [5.41, 5.74) is 1.00. The Kier molecular flexibility index (Phi) is 5.36. The second-order valence-electron chi connectivity index (χ2n) is 7.25. The Balaban J connectivity index is 1.94. The summed E-state index contributed by atoms with van der Waals surface area (Å²) in [5.74, 6) is -1.34. The number of nitrogens with zero attached hydrogens (tertiary/aromatic N) is 1. The Morgan fingerprint density at radius 1 is 1.03 bits per heavy atom. The summed E-state index contributed by atoms with van der Waals surface area (Å²) in [5, 5.41) is 21.6. The van der Waals surface area contributed by atoms with Crippen LogP contribution in [-0.4, -0.2) is 36.1 Å². The monoisotopic (exact) mass is 435 g/mol. The normalized spacial score (nSPS) is 17.6. The molecule has 1 amide bonds. The van der Waals surface area contributed by atoms with Crippen LogP contribution in [-0.2, 0) is 9.59 Å². The molecule has 0 bridgehead atoms. The highest BCUT2D eigenvalue weighted by Gasteiger charge is 2.49. The van der Waals surface area contributed by atoms with Crippen molar-refractivity contribution in [3.8, 4) is 17.2 Å². The number of ketones is 1. The molecule has 4 rings (SSSR count). The van der Waals surface area contributed by atoms with Gasteiger partial charge in [0.05, 0.1) is 31.7 Å². The molecule has 1 atom stereocenters. The number of phenolic OH excluding ortho intramolecular Hbond substituents is 1. The minimum atomic E-state index is -1.08. The minimum Gasteiger partial charge on any atom is -0.507 e. The van der Waals surface area contributed by atoms with Gasteiger partial charge in [0.1, 0.15) is 23.3 Å². The summed E-state index contributed by atoms with van der Waals surface area (Å²) < 4.78 is 16.0. The van der Waals surface area contributed by atoms with Crippen LogP contribution in [0, 0.1) is 6.92 Å². The third-order valence-corrected chi connectivity index (χ3v) is 5.30. The largest absolute Gasteiger partial charge is 0.507 e. The molecular weight excluding hydrogens is 414 g/mol. The zero-order chi connectivity index (χ0) is 23.0. The van der Waals surface area contributed by atoms with E-state index in [9.17, 15) is 19.8 Å². The van der Waals surface area contributed by atoms with Crippen LogP contribution >= 0.6 is 0 Å². The lowest BCUT2D eigenvalue weighted by Gasteiger charge is -2.24. The number of anilines is 1. The van der Waals surface area contributed by atoms with E-state index < -0.39 is 23.5 Å². The molecule has 0 radical (unpaired) electrons. The van der Waals surface area contributed by atoms with Crippen LogP contribution in [0.2, 0.25) is 0 Å². The molecule has 1 fully saturated rings. The molecule has 2 N–H and O–H groups in total. The summed E-state index contributed by atoms with van der Waals surface area (Å²) in [4.78, 5) is 27.3. The Morgan fingerprint density at radius 2 is 1.78 bits per heavy atom. The van der Waals surface area contributed by atoms with Gasteiger partial charge < -0.3 is 24.1 Å². The molecule has 8 nitrogen and oxygen atoms in total. The summed E-state index contributed by atoms with van der Waals surface area (Å²) in [6.07, 6.45) is 1.40. The standard InChI is InChI=1S/C24H21NO7/c1-13-6-8-16(26)15(11-13)25-21(18-5-4-10-32-18)20(23(28)24(25)29)22(27)14-7-9-17(30-2)19(12-14)31-3/h4-12,21,26-27H,1-3H3/b22-20-. The van der Waals surface area contributed by atoms with Crippen molar-refractivity contribution in [3.63, 3.8) is 0 Å². The van der Waals surface area contributed by atoms with E-state index in [0.717, 1.165) is 10.5 Å². The second kappa shape index (κ2) is 8.14. The van der Waals surface area contributed by atoms with Gasteiger partial charge in [-0.2, -0.15) is 0 Å². The number of ether oxygens (including phenoxy) is 2. The molecular formula is C24H21NO7. The Hall–Kier alpha value is -4.20. The van der Waals surface area contributed by atoms with Crippen molar-refractivity contribution in [2.24, 2.45) is 0 Å². The lowest BCUT2D eigenvalue weighted by atomic mass is 9.98. The van der Waals surface area contributed by atoms with Crippen LogP contribution in [0.15, 0.2) is 64.8 Å². The Morgan fingerprint density at radius 3 is 2.44 bits per heavy atom. The van der Waals surface area contributed by atoms with Crippen LogP contribution < -0.4 is 14.4 Å². The van der Waals surface area contributed by atoms with Crippen molar-refractivity contribution >= 4 is 23.1 Å². The third kappa shape index (κ3) is 3.35. The highest BCUT2D eigenvalue weighted by molar-refractivity contribution is 6.51. The van der Waals surface area contributed by atoms with E-state index in [1.54, 1.807) is 43.3 Å². The summed E-state index contributed by atoms with van der Waals surface area (Å²) in [7, 11) is 2.93. The number of carbonyl (C=O) groups excluding carboxylic acids is 2. The molecule has 32 heavy (non-hydrogen) atoms. The number of benzene rings is 2. The van der Waals surface area contributed by atoms with Crippen molar-refractivity contribution < 1.29 is 33.7 Å². The number of aliphatic hydroxyl groups excluding tert-OH is 1. The second-order valence-corrected chi connectivity index (χ2v) is 7.25. The first kappa shape index (κ1) is 21.0. The fourth-order valence-corrected chi connectivity index (χ4v) is 3.76. The van der Waals surface area contributed by atoms with Crippen molar-refractivity contribution in [1.82, 2.24) is 0 Å². The van der Waals surface area contributed by atoms with E-state index in [1.165, 1.54) is 32.6 Å². The zero-order valence-corrected chi connectivity index (χ0v) is 17.7. The minimum absolute atomic E-state index is 0.139. The van der Waals surface area contributed by atoms with Crippen LogP contribution in [0.4, 0.5) is 5.69 Å². The van der Waals surface area contributed by atoms with Crippen molar-refractivity contribution in [3.05, 3.63) is 77.3 Å². The molecule has 0 aliphatic carbocycles. The van der Waals surface area contributed by atoms with Crippen molar-refractivity contribution in [2.45, 2.75) is 13.0 Å². The highest BCUT2D eigenvalue weighted by Crippen LogP contribution is 2.45. The fraction of sp³-hybridized carbons (Fsp3) is 0.167. The maximum atomic E-state index is 13.1. The molecule has 0 spiro atoms. The van der Waals surface area contributed by atoms with E-state index >= 15 is 0 Å². The average molecular weight is 435 g/mol. The number of aromatic hydroxyl groups is 1. The summed E-state index contributed by atoms with van der Waals surface area (Å²) in [6, 6.07) is 11.5. The lowest BCUT2D eigenvalue weighted by molar-refractivity contribution is -0.132. The number of aliphatic hydroxyl groups is 1. The molecule has 0 saturated carbocycles. The van der Waals surface area contributed by atoms with Crippen LogP contribution in [0.3, 0.4) is 0 Å². The molecule has 2 heterocycles. The van der Waals surface area contributed by atoms with Crippen molar-refractivity contribution in [1.29, 1.82) is 0 Å². The summed E-state index contributed by atoms with van der Waals surface area (Å²) >= 11 is 0. The first-order valence-electron chi connectivity index (χ1n) is 9.73. The van der Waals surface area contributed by atoms with Gasteiger partial charge in [0, 0.05) is 5.56 Å². The Bertz CT molecular complexity index is 1230. The quantitative estimate of drug-likeness (QED) is 0.355. The predicted octanol–water partition coefficient (Wildman–Crippen LogP) is 3.94. The summed E-state index contributed by atoms with van der Waals surface area (Å²) in [6.45, 7) is 1.80. The van der Waals surface area contributed by atoms with Gasteiger partial charge in [-0.3, -0.25) is 14.5 Å². The maximum Gasteiger partial charge on any atom is 0.300 e. The van der Waals surface area contributed by atoms with Gasteiger partial charge in [-0.1, -0.05) is 6.07 Å². The topological polar surface area (TPSA) is 109 Å². The number of methoxy groups -OCH3 is 2. The van der Waals surface area contributed by atoms with Crippen LogP contribution in [0.1, 0.15) is 22.9 Å². The first-order chi connectivity index (χ1) is 15.4. The number of Topliss-reactive ketones (excluding diaryl/α,β-unsaturated/α-hetero) is 1. The van der Waals surface area contributed by atoms with Gasteiger partial charge >= 0.3 is 0 Å². The zero-order valence-electron chi connectivity index (χ0n) is 17.7. The van der Waals surface area contributed by atoms with E-state index in [2.05, 4.69) is 0 Å². The lowest BCUT2D eigenvalue weighted by Crippen LogP contribution is -2.29. The highest BCUT2D eigenvalue weighted by atomic mass is 16.5. The molecule has 8 heteroatoms. The third-order valence-electron chi connectivity index (χ3n) is 5.30. The molecule has 1 aliphatic rings. The Labute approximate surface area is 183 Å². The van der Waals surface area contributed by atoms with E-state index in [1.807, 2.05) is 0 Å². The number of furan rings is 1. The van der Waals surface area contributed by atoms with Crippen molar-refractivity contribution in [2.75, 3.05) is 19.1 Å². The molecule has 1 aliphatic heterocycles. The van der Waals surface area contributed by atoms with Crippen LogP contribution in [0.25, 0.3) is 5.76 Å². The maximum absolute atomic E-state index is 13.1. The number of carbonyl (C=O) groups is 2. The van der Waals surface area contributed by atoms with Gasteiger partial charge in [-0.25, -0.2) is 0 Å². The van der Waals surface area contributed by atoms with Crippen LogP contribution in [0.5, 0.6) is 17.2 Å². The molecule has 1 aromatic heterocycles. The van der Waals surface area contributed by atoms with Gasteiger partial charge in [0.25, 0.3) is 11.7 Å². The number of hydrogen-bond acceptors (Lipinski definition) is 7. The molecule has 164 valence electrons. The average Bonchev–Trinajstić information content (AvgIpc) is 3.41. The molecule has 1 saturated heterocycles. The van der Waals surface area contributed by atoms with E-state index in [4.69, 9.17) is 13.9 Å². The van der Waals surface area contributed by atoms with Gasteiger partial charge in [-0.15, -0.1) is 0 Å². The predicted molar refractivity (Wildman–Crippen MR) is 116 cm³/mol. The number of phenols is 1. The first-order valence-corrected chi connectivity index (χ1v) is 9.73. The van der Waals surface area contributed by atoms with Gasteiger partial charge in [-0.05, 0) is 55.0 Å². The van der Waals surface area contributed by atoms with Gasteiger partial charge in [0.2, 0.25) is 0 Å². The number of hydrogen-bond donors (Lipinski definition) is 2. The number of rotatable bonds is 5. The number of amides is 1. The smallest absolute Gasteiger partial charge is 0.300 e. The fourth-order valence-electron chi connectivity index (χ4n) is 3.76. The SMILES string of the molecule is COc1ccc(/C(O)=C2/C(=O)C(=O)N(c3cc(C)ccc3O)C2c2ccco2)cc1OC. The number of aryl methyl sites for hydroxylation is 1.